The molecule has 2 fully saturated rings. The molecule has 2 aliphatic carbocycles. The van der Waals surface area contributed by atoms with Crippen LogP contribution >= 0.6 is 15.9 Å². The third kappa shape index (κ3) is 3.73. The Labute approximate surface area is 124 Å². The van der Waals surface area contributed by atoms with Gasteiger partial charge in [0.25, 0.3) is 0 Å². The first-order valence-corrected chi connectivity index (χ1v) is 8.32. The Morgan fingerprint density at radius 2 is 2.05 bits per heavy atom. The summed E-state index contributed by atoms with van der Waals surface area (Å²) in [5.41, 5.74) is 2.73. The lowest BCUT2D eigenvalue weighted by atomic mass is 10.2. The molecule has 1 N–H and O–H groups in total. The predicted octanol–water partition coefficient (Wildman–Crippen LogP) is 3.94. The molecule has 1 aromatic carbocycles. The zero-order valence-corrected chi connectivity index (χ0v) is 13.2. The summed E-state index contributed by atoms with van der Waals surface area (Å²) in [5.74, 6) is 0.940. The van der Waals surface area contributed by atoms with Gasteiger partial charge in [0.05, 0.1) is 0 Å². The quantitative estimate of drug-likeness (QED) is 0.818. The molecule has 104 valence electrons. The van der Waals surface area contributed by atoms with E-state index in [1.165, 1.54) is 48.0 Å². The standard InChI is InChI=1S/C16H23BrN2/c1-2-19(11-12-3-4-12)15-8-5-13(16(17)9-15)10-18-14-6-7-14/h5,8-9,12,14,18H,2-4,6-7,10-11H2,1H3. The molecule has 0 atom stereocenters. The van der Waals surface area contributed by atoms with Crippen LogP contribution in [0.2, 0.25) is 0 Å². The van der Waals surface area contributed by atoms with Crippen LogP contribution in [0.1, 0.15) is 38.2 Å². The van der Waals surface area contributed by atoms with Crippen molar-refractivity contribution in [1.82, 2.24) is 5.32 Å². The smallest absolute Gasteiger partial charge is 0.0377 e. The highest BCUT2D eigenvalue weighted by Gasteiger charge is 2.24. The summed E-state index contributed by atoms with van der Waals surface area (Å²) in [6.07, 6.45) is 5.53. The van der Waals surface area contributed by atoms with Gasteiger partial charge in [-0.3, -0.25) is 0 Å². The molecule has 0 radical (unpaired) electrons. The van der Waals surface area contributed by atoms with Gasteiger partial charge in [-0.1, -0.05) is 22.0 Å². The van der Waals surface area contributed by atoms with E-state index in [1.807, 2.05) is 0 Å². The van der Waals surface area contributed by atoms with E-state index in [2.05, 4.69) is 51.3 Å². The normalized spacial score (nSPS) is 18.6. The Kier molecular flexibility index (Phi) is 4.13. The van der Waals surface area contributed by atoms with Crippen molar-refractivity contribution < 1.29 is 0 Å². The number of benzene rings is 1. The lowest BCUT2D eigenvalue weighted by Crippen LogP contribution is -2.25. The average molecular weight is 323 g/mol. The minimum atomic E-state index is 0.772. The fourth-order valence-electron chi connectivity index (χ4n) is 2.45. The Morgan fingerprint density at radius 1 is 1.26 bits per heavy atom. The summed E-state index contributed by atoms with van der Waals surface area (Å²) >= 11 is 3.73. The molecule has 0 aromatic heterocycles. The molecule has 3 heteroatoms. The van der Waals surface area contributed by atoms with E-state index in [0.29, 0.717) is 0 Å². The second-order valence-electron chi connectivity index (χ2n) is 5.91. The van der Waals surface area contributed by atoms with Gasteiger partial charge in [-0.15, -0.1) is 0 Å². The number of rotatable bonds is 7. The van der Waals surface area contributed by atoms with Crippen LogP contribution in [0, 0.1) is 5.92 Å². The summed E-state index contributed by atoms with van der Waals surface area (Å²) in [4.78, 5) is 2.50. The maximum absolute atomic E-state index is 3.73. The number of nitrogens with one attached hydrogen (secondary N) is 1. The van der Waals surface area contributed by atoms with E-state index < -0.39 is 0 Å². The van der Waals surface area contributed by atoms with Gasteiger partial charge < -0.3 is 10.2 Å². The maximum Gasteiger partial charge on any atom is 0.0377 e. The molecule has 0 amide bonds. The van der Waals surface area contributed by atoms with Crippen molar-refractivity contribution >= 4 is 21.6 Å². The van der Waals surface area contributed by atoms with Crippen molar-refractivity contribution in [2.75, 3.05) is 18.0 Å². The molecule has 1 aromatic rings. The lowest BCUT2D eigenvalue weighted by molar-refractivity contribution is 0.685. The van der Waals surface area contributed by atoms with Gasteiger partial charge in [-0.25, -0.2) is 0 Å². The van der Waals surface area contributed by atoms with Gasteiger partial charge in [0.1, 0.15) is 0 Å². The molecule has 0 aliphatic heterocycles. The number of halogens is 1. The van der Waals surface area contributed by atoms with Crippen LogP contribution in [0.3, 0.4) is 0 Å². The van der Waals surface area contributed by atoms with E-state index in [1.54, 1.807) is 0 Å². The van der Waals surface area contributed by atoms with Crippen LogP contribution in [-0.4, -0.2) is 19.1 Å². The molecular weight excluding hydrogens is 300 g/mol. The molecule has 2 saturated carbocycles. The maximum atomic E-state index is 3.73. The number of hydrogen-bond donors (Lipinski definition) is 1. The van der Waals surface area contributed by atoms with Crippen molar-refractivity contribution in [2.45, 2.75) is 45.2 Å². The first-order valence-electron chi connectivity index (χ1n) is 7.53. The van der Waals surface area contributed by atoms with Crippen LogP contribution in [0.5, 0.6) is 0 Å². The van der Waals surface area contributed by atoms with Gasteiger partial charge in [0.15, 0.2) is 0 Å². The molecule has 0 saturated heterocycles. The van der Waals surface area contributed by atoms with Crippen LogP contribution in [0.25, 0.3) is 0 Å². The molecular formula is C16H23BrN2. The Hall–Kier alpha value is -0.540. The average Bonchev–Trinajstić information content (AvgIpc) is 3.28. The Balaban J connectivity index is 1.65. The van der Waals surface area contributed by atoms with E-state index in [9.17, 15) is 0 Å². The fraction of sp³-hybridized carbons (Fsp3) is 0.625. The molecule has 0 spiro atoms. The molecule has 0 unspecified atom stereocenters. The topological polar surface area (TPSA) is 15.3 Å². The minimum absolute atomic E-state index is 0.772. The first kappa shape index (κ1) is 13.4. The van der Waals surface area contributed by atoms with Crippen LogP contribution < -0.4 is 10.2 Å². The Morgan fingerprint density at radius 3 is 2.63 bits per heavy atom. The van der Waals surface area contributed by atoms with Crippen molar-refractivity contribution in [2.24, 2.45) is 5.92 Å². The summed E-state index contributed by atoms with van der Waals surface area (Å²) < 4.78 is 1.24. The zero-order valence-electron chi connectivity index (χ0n) is 11.7. The zero-order chi connectivity index (χ0) is 13.2. The second-order valence-corrected chi connectivity index (χ2v) is 6.77. The molecule has 0 heterocycles. The monoisotopic (exact) mass is 322 g/mol. The van der Waals surface area contributed by atoms with Gasteiger partial charge >= 0.3 is 0 Å². The van der Waals surface area contributed by atoms with E-state index in [4.69, 9.17) is 0 Å². The van der Waals surface area contributed by atoms with Crippen molar-refractivity contribution in [1.29, 1.82) is 0 Å². The van der Waals surface area contributed by atoms with E-state index >= 15 is 0 Å². The molecule has 3 rings (SSSR count). The molecule has 0 bridgehead atoms. The van der Waals surface area contributed by atoms with Crippen molar-refractivity contribution in [3.05, 3.63) is 28.2 Å². The lowest BCUT2D eigenvalue weighted by Gasteiger charge is -2.24. The van der Waals surface area contributed by atoms with Gasteiger partial charge in [-0.2, -0.15) is 0 Å². The summed E-state index contributed by atoms with van der Waals surface area (Å²) in [6, 6.07) is 7.61. The summed E-state index contributed by atoms with van der Waals surface area (Å²) in [6.45, 7) is 5.56. The van der Waals surface area contributed by atoms with Gasteiger partial charge in [0, 0.05) is 35.8 Å². The Bertz CT molecular complexity index is 438. The third-order valence-corrected chi connectivity index (χ3v) is 4.86. The fourth-order valence-corrected chi connectivity index (χ4v) is 2.95. The third-order valence-electron chi connectivity index (χ3n) is 4.12. The van der Waals surface area contributed by atoms with E-state index in [-0.39, 0.29) is 0 Å². The number of anilines is 1. The highest BCUT2D eigenvalue weighted by Crippen LogP contribution is 2.32. The van der Waals surface area contributed by atoms with Crippen LogP contribution in [0.15, 0.2) is 22.7 Å². The van der Waals surface area contributed by atoms with Crippen molar-refractivity contribution in [3.63, 3.8) is 0 Å². The predicted molar refractivity (Wildman–Crippen MR) is 84.6 cm³/mol. The molecule has 2 nitrogen and oxygen atoms in total. The second kappa shape index (κ2) is 5.84. The minimum Gasteiger partial charge on any atom is -0.372 e. The molecule has 2 aliphatic rings. The van der Waals surface area contributed by atoms with Gasteiger partial charge in [0.2, 0.25) is 0 Å². The first-order chi connectivity index (χ1) is 9.26. The summed E-state index contributed by atoms with van der Waals surface area (Å²) in [5, 5.41) is 3.57. The van der Waals surface area contributed by atoms with Gasteiger partial charge in [-0.05, 0) is 56.2 Å². The largest absolute Gasteiger partial charge is 0.372 e. The number of nitrogens with zero attached hydrogens (tertiary/aromatic N) is 1. The molecule has 19 heavy (non-hydrogen) atoms. The van der Waals surface area contributed by atoms with Crippen molar-refractivity contribution in [3.8, 4) is 0 Å². The highest BCUT2D eigenvalue weighted by molar-refractivity contribution is 9.10. The van der Waals surface area contributed by atoms with Crippen LogP contribution in [-0.2, 0) is 6.54 Å². The number of hydrogen-bond acceptors (Lipinski definition) is 2. The van der Waals surface area contributed by atoms with Crippen LogP contribution in [0.4, 0.5) is 5.69 Å². The highest BCUT2D eigenvalue weighted by atomic mass is 79.9. The van der Waals surface area contributed by atoms with E-state index in [0.717, 1.165) is 25.0 Å². The SMILES string of the molecule is CCN(CC1CC1)c1ccc(CNC2CC2)c(Br)c1. The summed E-state index contributed by atoms with van der Waals surface area (Å²) in [7, 11) is 0.